The van der Waals surface area contributed by atoms with Gasteiger partial charge in [-0.1, -0.05) is 13.8 Å². The molecule has 1 aromatic carbocycles. The monoisotopic (exact) mass is 389 g/mol. The fourth-order valence-electron chi connectivity index (χ4n) is 2.99. The molecule has 3 rings (SSSR count). The van der Waals surface area contributed by atoms with Gasteiger partial charge >= 0.3 is 5.97 Å². The molecule has 1 amide bonds. The number of rotatable bonds is 9. The Kier molecular flexibility index (Phi) is 5.96. The molecule has 1 heterocycles. The summed E-state index contributed by atoms with van der Waals surface area (Å²) in [6, 6.07) is 5.04. The molecule has 1 fully saturated rings. The minimum absolute atomic E-state index is 0.214. The van der Waals surface area contributed by atoms with Crippen molar-refractivity contribution in [3.05, 3.63) is 47.5 Å². The van der Waals surface area contributed by atoms with Crippen LogP contribution in [0, 0.1) is 11.7 Å². The van der Waals surface area contributed by atoms with E-state index in [2.05, 4.69) is 24.3 Å². The van der Waals surface area contributed by atoms with Crippen LogP contribution in [0.1, 0.15) is 48.7 Å². The third kappa shape index (κ3) is 4.88. The smallest absolute Gasteiger partial charge is 0.346 e. The Hall–Kier alpha value is -2.90. The zero-order chi connectivity index (χ0) is 20.3. The van der Waals surface area contributed by atoms with E-state index >= 15 is 0 Å². The first kappa shape index (κ1) is 19.9. The largest absolute Gasteiger partial charge is 0.478 e. The number of ether oxygens (including phenoxy) is 1. The van der Waals surface area contributed by atoms with Crippen LogP contribution in [0.2, 0.25) is 0 Å². The molecular formula is C20H24FN3O4. The fourth-order valence-corrected chi connectivity index (χ4v) is 2.99. The maximum Gasteiger partial charge on any atom is 0.346 e. The molecule has 0 spiro atoms. The maximum atomic E-state index is 13.0. The standard InChI is InChI=1S/C20H24FN3O4/c1-12(2)11-24-18(13-3-4-13)16(9-23-24)19(25)22-10-17(20(26)27)28-15-7-5-14(21)6-8-15/h5-9,12-13,17H,3-4,10-11H2,1-2H3,(H,22,25)(H,26,27). The van der Waals surface area contributed by atoms with Crippen molar-refractivity contribution in [2.75, 3.05) is 6.54 Å². The number of carboxylic acid groups (broad SMARTS) is 1. The highest BCUT2D eigenvalue weighted by Gasteiger charge is 2.33. The highest BCUT2D eigenvalue weighted by atomic mass is 19.1. The van der Waals surface area contributed by atoms with Crippen LogP contribution in [0.15, 0.2) is 30.5 Å². The first-order valence-corrected chi connectivity index (χ1v) is 9.34. The molecule has 2 aromatic rings. The van der Waals surface area contributed by atoms with Gasteiger partial charge in [0.25, 0.3) is 5.91 Å². The molecule has 1 aliphatic carbocycles. The summed E-state index contributed by atoms with van der Waals surface area (Å²) in [5, 5.41) is 16.3. The van der Waals surface area contributed by atoms with Gasteiger partial charge in [-0.25, -0.2) is 9.18 Å². The first-order valence-electron chi connectivity index (χ1n) is 9.34. The van der Waals surface area contributed by atoms with Crippen molar-refractivity contribution < 1.29 is 23.8 Å². The van der Waals surface area contributed by atoms with E-state index in [9.17, 15) is 19.1 Å². The number of hydrogen-bond acceptors (Lipinski definition) is 4. The molecule has 1 aliphatic rings. The van der Waals surface area contributed by atoms with Crippen LogP contribution >= 0.6 is 0 Å². The highest BCUT2D eigenvalue weighted by molar-refractivity contribution is 5.95. The molecule has 28 heavy (non-hydrogen) atoms. The number of nitrogens with zero attached hydrogens (tertiary/aromatic N) is 2. The van der Waals surface area contributed by atoms with Crippen LogP contribution in [-0.4, -0.2) is 39.4 Å². The zero-order valence-electron chi connectivity index (χ0n) is 15.9. The van der Waals surface area contributed by atoms with Crippen LogP contribution in [0.3, 0.4) is 0 Å². The van der Waals surface area contributed by atoms with Gasteiger partial charge in [-0.15, -0.1) is 0 Å². The van der Waals surface area contributed by atoms with E-state index in [1.54, 1.807) is 6.20 Å². The minimum Gasteiger partial charge on any atom is -0.478 e. The maximum absolute atomic E-state index is 13.0. The second kappa shape index (κ2) is 8.41. The molecule has 0 radical (unpaired) electrons. The number of carbonyl (C=O) groups excluding carboxylic acids is 1. The lowest BCUT2D eigenvalue weighted by molar-refractivity contribution is -0.144. The molecule has 0 saturated heterocycles. The third-order valence-corrected chi connectivity index (χ3v) is 4.44. The van der Waals surface area contributed by atoms with Crippen molar-refractivity contribution in [1.29, 1.82) is 0 Å². The Morgan fingerprint density at radius 3 is 2.57 bits per heavy atom. The molecule has 0 aliphatic heterocycles. The van der Waals surface area contributed by atoms with Crippen molar-refractivity contribution in [3.8, 4) is 5.75 Å². The highest BCUT2D eigenvalue weighted by Crippen LogP contribution is 2.41. The van der Waals surface area contributed by atoms with E-state index in [1.165, 1.54) is 24.3 Å². The van der Waals surface area contributed by atoms with E-state index in [0.29, 0.717) is 17.4 Å². The first-order chi connectivity index (χ1) is 13.3. The van der Waals surface area contributed by atoms with Gasteiger partial charge in [0.1, 0.15) is 11.6 Å². The molecule has 0 bridgehead atoms. The number of aromatic nitrogens is 2. The van der Waals surface area contributed by atoms with Gasteiger partial charge in [-0.2, -0.15) is 5.10 Å². The number of halogens is 1. The summed E-state index contributed by atoms with van der Waals surface area (Å²) < 4.78 is 20.2. The van der Waals surface area contributed by atoms with Crippen molar-refractivity contribution in [3.63, 3.8) is 0 Å². The third-order valence-electron chi connectivity index (χ3n) is 4.44. The molecule has 1 aromatic heterocycles. The molecule has 2 N–H and O–H groups in total. The zero-order valence-corrected chi connectivity index (χ0v) is 15.9. The predicted octanol–water partition coefficient (Wildman–Crippen LogP) is 2.82. The van der Waals surface area contributed by atoms with Gasteiger partial charge in [0.15, 0.2) is 0 Å². The summed E-state index contributed by atoms with van der Waals surface area (Å²) in [5.74, 6) is -1.10. The summed E-state index contributed by atoms with van der Waals surface area (Å²) in [6.07, 6.45) is 2.30. The molecular weight excluding hydrogens is 365 g/mol. The summed E-state index contributed by atoms with van der Waals surface area (Å²) in [6.45, 7) is 4.68. The SMILES string of the molecule is CC(C)Cn1ncc(C(=O)NCC(Oc2ccc(F)cc2)C(=O)O)c1C1CC1. The average Bonchev–Trinajstić information content (AvgIpc) is 3.39. The molecule has 150 valence electrons. The van der Waals surface area contributed by atoms with Crippen LogP contribution in [0.25, 0.3) is 0 Å². The molecule has 7 nitrogen and oxygen atoms in total. The number of aliphatic carboxylic acids is 1. The van der Waals surface area contributed by atoms with Gasteiger partial charge in [0, 0.05) is 12.5 Å². The Morgan fingerprint density at radius 1 is 1.32 bits per heavy atom. The average molecular weight is 389 g/mol. The quantitative estimate of drug-likeness (QED) is 0.688. The lowest BCUT2D eigenvalue weighted by Crippen LogP contribution is -2.40. The van der Waals surface area contributed by atoms with Gasteiger partial charge in [-0.05, 0) is 43.0 Å². The lowest BCUT2D eigenvalue weighted by Gasteiger charge is -2.16. The number of hydrogen-bond donors (Lipinski definition) is 2. The number of amides is 1. The summed E-state index contributed by atoms with van der Waals surface area (Å²) in [5.41, 5.74) is 1.39. The molecule has 1 unspecified atom stereocenters. The Morgan fingerprint density at radius 2 is 2.00 bits per heavy atom. The van der Waals surface area contributed by atoms with E-state index in [-0.39, 0.29) is 18.2 Å². The Labute approximate surface area is 162 Å². The summed E-state index contributed by atoms with van der Waals surface area (Å²) >= 11 is 0. The Balaban J connectivity index is 1.67. The minimum atomic E-state index is -1.29. The van der Waals surface area contributed by atoms with Gasteiger partial charge in [0.2, 0.25) is 6.10 Å². The number of carbonyl (C=O) groups is 2. The van der Waals surface area contributed by atoms with Gasteiger partial charge in [-0.3, -0.25) is 9.48 Å². The Bertz CT molecular complexity index is 844. The topological polar surface area (TPSA) is 93.5 Å². The van der Waals surface area contributed by atoms with Crippen molar-refractivity contribution in [2.45, 2.75) is 45.3 Å². The summed E-state index contributed by atoms with van der Waals surface area (Å²) in [4.78, 5) is 24.1. The van der Waals surface area contributed by atoms with Gasteiger partial charge < -0.3 is 15.2 Å². The second-order valence-electron chi connectivity index (χ2n) is 7.40. The van der Waals surface area contributed by atoms with Crippen molar-refractivity contribution in [1.82, 2.24) is 15.1 Å². The van der Waals surface area contributed by atoms with Crippen molar-refractivity contribution >= 4 is 11.9 Å². The van der Waals surface area contributed by atoms with E-state index in [4.69, 9.17) is 4.74 Å². The number of benzene rings is 1. The van der Waals surface area contributed by atoms with Crippen LogP contribution in [0.4, 0.5) is 4.39 Å². The molecule has 1 saturated carbocycles. The molecule has 8 heteroatoms. The predicted molar refractivity (Wildman–Crippen MR) is 99.8 cm³/mol. The van der Waals surface area contributed by atoms with Gasteiger partial charge in [0.05, 0.1) is 24.0 Å². The summed E-state index contributed by atoms with van der Waals surface area (Å²) in [7, 11) is 0. The number of nitrogens with one attached hydrogen (secondary N) is 1. The lowest BCUT2D eigenvalue weighted by atomic mass is 10.1. The second-order valence-corrected chi connectivity index (χ2v) is 7.40. The van der Waals surface area contributed by atoms with Crippen molar-refractivity contribution in [2.24, 2.45) is 5.92 Å². The fraction of sp³-hybridized carbons (Fsp3) is 0.450. The van der Waals surface area contributed by atoms with Crippen LogP contribution < -0.4 is 10.1 Å². The van der Waals surface area contributed by atoms with E-state index in [1.807, 2.05) is 4.68 Å². The van der Waals surface area contributed by atoms with E-state index < -0.39 is 17.9 Å². The number of carboxylic acids is 1. The van der Waals surface area contributed by atoms with E-state index in [0.717, 1.165) is 25.1 Å². The molecule has 1 atom stereocenters. The van der Waals surface area contributed by atoms with Crippen LogP contribution in [0.5, 0.6) is 5.75 Å². The van der Waals surface area contributed by atoms with Crippen LogP contribution in [-0.2, 0) is 11.3 Å². The normalized spacial score (nSPS) is 14.7.